The molecule has 1 aromatic carbocycles. The third-order valence-electron chi connectivity index (χ3n) is 3.46. The molecule has 1 aliphatic heterocycles. The van der Waals surface area contributed by atoms with Crippen molar-refractivity contribution in [2.45, 2.75) is 19.1 Å². The molecule has 0 bridgehead atoms. The van der Waals surface area contributed by atoms with E-state index >= 15 is 0 Å². The zero-order chi connectivity index (χ0) is 14.8. The van der Waals surface area contributed by atoms with Crippen molar-refractivity contribution in [3.63, 3.8) is 0 Å². The standard InChI is InChI=1S/C14H19NO4S/c1-3-19-12-7-5-11(6-8-12)14(16)15-9-13(10-15)20(17,18)4-2/h5-8,13H,3-4,9-10H2,1-2H3. The number of amides is 1. The minimum atomic E-state index is -3.04. The van der Waals surface area contributed by atoms with Crippen LogP contribution in [0.3, 0.4) is 0 Å². The lowest BCUT2D eigenvalue weighted by molar-refractivity contribution is 0.0659. The van der Waals surface area contributed by atoms with Gasteiger partial charge in [-0.25, -0.2) is 8.42 Å². The van der Waals surface area contributed by atoms with Gasteiger partial charge in [-0.05, 0) is 31.2 Å². The molecule has 0 aliphatic carbocycles. The molecule has 6 heteroatoms. The van der Waals surface area contributed by atoms with Crippen molar-refractivity contribution >= 4 is 15.7 Å². The number of hydrogen-bond acceptors (Lipinski definition) is 4. The van der Waals surface area contributed by atoms with Crippen molar-refractivity contribution in [3.8, 4) is 5.75 Å². The van der Waals surface area contributed by atoms with Gasteiger partial charge >= 0.3 is 0 Å². The fourth-order valence-electron chi connectivity index (χ4n) is 2.11. The maximum atomic E-state index is 12.1. The molecule has 0 atom stereocenters. The fourth-order valence-corrected chi connectivity index (χ4v) is 3.40. The number of carbonyl (C=O) groups is 1. The van der Waals surface area contributed by atoms with Crippen molar-refractivity contribution in [1.82, 2.24) is 4.90 Å². The van der Waals surface area contributed by atoms with Crippen LogP contribution in [0.2, 0.25) is 0 Å². The highest BCUT2D eigenvalue weighted by Crippen LogP contribution is 2.21. The Bertz CT molecular complexity index is 574. The van der Waals surface area contributed by atoms with Gasteiger partial charge in [-0.2, -0.15) is 0 Å². The number of carbonyl (C=O) groups excluding carboxylic acids is 1. The quantitative estimate of drug-likeness (QED) is 0.823. The lowest BCUT2D eigenvalue weighted by atomic mass is 10.1. The molecule has 1 saturated heterocycles. The van der Waals surface area contributed by atoms with E-state index in [2.05, 4.69) is 0 Å². The molecule has 1 fully saturated rings. The average Bonchev–Trinajstić information content (AvgIpc) is 2.38. The molecule has 0 radical (unpaired) electrons. The van der Waals surface area contributed by atoms with Crippen LogP contribution in [0.1, 0.15) is 24.2 Å². The first-order valence-electron chi connectivity index (χ1n) is 6.71. The maximum Gasteiger partial charge on any atom is 0.253 e. The van der Waals surface area contributed by atoms with E-state index in [4.69, 9.17) is 4.74 Å². The number of benzene rings is 1. The van der Waals surface area contributed by atoms with Crippen LogP contribution >= 0.6 is 0 Å². The average molecular weight is 297 g/mol. The summed E-state index contributed by atoms with van der Waals surface area (Å²) in [7, 11) is -3.04. The molecule has 0 saturated carbocycles. The molecule has 0 spiro atoms. The van der Waals surface area contributed by atoms with Gasteiger partial charge in [0.15, 0.2) is 9.84 Å². The van der Waals surface area contributed by atoms with Crippen LogP contribution in [-0.4, -0.2) is 49.9 Å². The van der Waals surface area contributed by atoms with Gasteiger partial charge in [0, 0.05) is 24.4 Å². The summed E-state index contributed by atoms with van der Waals surface area (Å²) in [5, 5.41) is -0.404. The van der Waals surface area contributed by atoms with Crippen LogP contribution in [0.25, 0.3) is 0 Å². The predicted octanol–water partition coefficient (Wildman–Crippen LogP) is 1.34. The van der Waals surface area contributed by atoms with Crippen LogP contribution < -0.4 is 4.74 Å². The second kappa shape index (κ2) is 5.83. The number of hydrogen-bond donors (Lipinski definition) is 0. The van der Waals surface area contributed by atoms with E-state index in [0.29, 0.717) is 25.3 Å². The lowest BCUT2D eigenvalue weighted by Gasteiger charge is -2.38. The normalized spacial score (nSPS) is 15.8. The molecule has 0 unspecified atom stereocenters. The first-order valence-corrected chi connectivity index (χ1v) is 8.43. The third-order valence-corrected chi connectivity index (χ3v) is 5.58. The van der Waals surface area contributed by atoms with Gasteiger partial charge in [-0.15, -0.1) is 0 Å². The summed E-state index contributed by atoms with van der Waals surface area (Å²) in [4.78, 5) is 13.7. The highest BCUT2D eigenvalue weighted by atomic mass is 32.2. The molecule has 0 aromatic heterocycles. The van der Waals surface area contributed by atoms with E-state index in [1.807, 2.05) is 6.92 Å². The van der Waals surface area contributed by atoms with Crippen molar-refractivity contribution in [2.24, 2.45) is 0 Å². The smallest absolute Gasteiger partial charge is 0.253 e. The Kier molecular flexibility index (Phi) is 4.32. The van der Waals surface area contributed by atoms with E-state index in [-0.39, 0.29) is 11.7 Å². The summed E-state index contributed by atoms with van der Waals surface area (Å²) in [5.74, 6) is 0.720. The molecule has 1 aliphatic rings. The van der Waals surface area contributed by atoms with E-state index < -0.39 is 15.1 Å². The van der Waals surface area contributed by atoms with E-state index in [1.165, 1.54) is 0 Å². The summed E-state index contributed by atoms with van der Waals surface area (Å²) in [6.07, 6.45) is 0. The van der Waals surface area contributed by atoms with Gasteiger partial charge in [0.25, 0.3) is 5.91 Å². The zero-order valence-corrected chi connectivity index (χ0v) is 12.5. The highest BCUT2D eigenvalue weighted by Gasteiger charge is 2.38. The Labute approximate surface area is 119 Å². The van der Waals surface area contributed by atoms with E-state index in [1.54, 1.807) is 36.1 Å². The third kappa shape index (κ3) is 2.95. The Hall–Kier alpha value is -1.56. The minimum Gasteiger partial charge on any atom is -0.494 e. The number of nitrogens with zero attached hydrogens (tertiary/aromatic N) is 1. The summed E-state index contributed by atoms with van der Waals surface area (Å²) in [5.41, 5.74) is 0.556. The van der Waals surface area contributed by atoms with Gasteiger partial charge in [0.05, 0.1) is 11.9 Å². The Morgan fingerprint density at radius 2 is 1.85 bits per heavy atom. The van der Waals surface area contributed by atoms with Crippen LogP contribution in [0.15, 0.2) is 24.3 Å². The topological polar surface area (TPSA) is 63.7 Å². The predicted molar refractivity (Wildman–Crippen MR) is 76.8 cm³/mol. The molecule has 0 N–H and O–H groups in total. The molecule has 5 nitrogen and oxygen atoms in total. The number of sulfone groups is 1. The van der Waals surface area contributed by atoms with E-state index in [9.17, 15) is 13.2 Å². The second-order valence-electron chi connectivity index (χ2n) is 4.74. The summed E-state index contributed by atoms with van der Waals surface area (Å²) in [6.45, 7) is 4.69. The SMILES string of the molecule is CCOc1ccc(C(=O)N2CC(S(=O)(=O)CC)C2)cc1. The fraction of sp³-hybridized carbons (Fsp3) is 0.500. The van der Waals surface area contributed by atoms with Crippen molar-refractivity contribution < 1.29 is 17.9 Å². The molecule has 20 heavy (non-hydrogen) atoms. The van der Waals surface area contributed by atoms with Crippen molar-refractivity contribution in [3.05, 3.63) is 29.8 Å². The highest BCUT2D eigenvalue weighted by molar-refractivity contribution is 7.92. The number of likely N-dealkylation sites (tertiary alicyclic amines) is 1. The van der Waals surface area contributed by atoms with Crippen LogP contribution in [0, 0.1) is 0 Å². The van der Waals surface area contributed by atoms with Gasteiger partial charge in [-0.3, -0.25) is 4.79 Å². The molecule has 1 heterocycles. The molecular formula is C14H19NO4S. The largest absolute Gasteiger partial charge is 0.494 e. The van der Waals surface area contributed by atoms with Crippen LogP contribution in [0.5, 0.6) is 5.75 Å². The Balaban J connectivity index is 1.97. The molecular weight excluding hydrogens is 278 g/mol. The van der Waals surface area contributed by atoms with Crippen molar-refractivity contribution in [1.29, 1.82) is 0 Å². The first kappa shape index (κ1) is 14.8. The minimum absolute atomic E-state index is 0.128. The summed E-state index contributed by atoms with van der Waals surface area (Å²) in [6, 6.07) is 6.90. The second-order valence-corrected chi connectivity index (χ2v) is 7.31. The van der Waals surface area contributed by atoms with Crippen molar-refractivity contribution in [2.75, 3.05) is 25.4 Å². The van der Waals surface area contributed by atoms with E-state index in [0.717, 1.165) is 5.75 Å². The summed E-state index contributed by atoms with van der Waals surface area (Å²) < 4.78 is 28.6. The van der Waals surface area contributed by atoms with Crippen LogP contribution in [-0.2, 0) is 9.84 Å². The summed E-state index contributed by atoms with van der Waals surface area (Å²) >= 11 is 0. The molecule has 2 rings (SSSR count). The van der Waals surface area contributed by atoms with Gasteiger partial charge in [0.1, 0.15) is 5.75 Å². The maximum absolute atomic E-state index is 12.1. The lowest BCUT2D eigenvalue weighted by Crippen LogP contribution is -2.57. The van der Waals surface area contributed by atoms with Crippen LogP contribution in [0.4, 0.5) is 0 Å². The monoisotopic (exact) mass is 297 g/mol. The van der Waals surface area contributed by atoms with Gasteiger partial charge in [0.2, 0.25) is 0 Å². The zero-order valence-electron chi connectivity index (χ0n) is 11.7. The first-order chi connectivity index (χ1) is 9.47. The molecule has 110 valence electrons. The molecule has 1 amide bonds. The Morgan fingerprint density at radius 1 is 1.25 bits per heavy atom. The number of rotatable bonds is 5. The van der Waals surface area contributed by atoms with Gasteiger partial charge < -0.3 is 9.64 Å². The van der Waals surface area contributed by atoms with Gasteiger partial charge in [-0.1, -0.05) is 6.92 Å². The Morgan fingerprint density at radius 3 is 2.35 bits per heavy atom. The molecule has 1 aromatic rings. The number of ether oxygens (including phenoxy) is 1.